The highest BCUT2D eigenvalue weighted by Crippen LogP contribution is 2.27. The minimum absolute atomic E-state index is 0.0752. The number of hydrogen-bond donors (Lipinski definition) is 1. The topological polar surface area (TPSA) is 64.8 Å². The number of aromatic nitrogens is 2. The van der Waals surface area contributed by atoms with Gasteiger partial charge in [0, 0.05) is 19.8 Å². The Labute approximate surface area is 104 Å². The van der Waals surface area contributed by atoms with E-state index in [1.165, 1.54) is 0 Å². The van der Waals surface area contributed by atoms with Crippen molar-refractivity contribution in [2.45, 2.75) is 16.8 Å². The number of anilines is 1. The van der Waals surface area contributed by atoms with E-state index in [4.69, 9.17) is 5.26 Å². The van der Waals surface area contributed by atoms with Gasteiger partial charge in [-0.3, -0.25) is 0 Å². The van der Waals surface area contributed by atoms with Crippen LogP contribution in [0, 0.1) is 11.3 Å². The molecular weight excluding hydrogens is 242 g/mol. The highest BCUT2D eigenvalue weighted by atomic mass is 32.2. The van der Waals surface area contributed by atoms with Crippen molar-refractivity contribution in [2.24, 2.45) is 0 Å². The fourth-order valence-electron chi connectivity index (χ4n) is 0.979. The van der Waals surface area contributed by atoms with Gasteiger partial charge >= 0.3 is 0 Å². The number of nitrogens with one attached hydrogen (secondary N) is 1. The molecular formula is C9H15N5S2. The van der Waals surface area contributed by atoms with Crippen molar-refractivity contribution >= 4 is 28.2 Å². The Hall–Kier alpha value is -0.840. The van der Waals surface area contributed by atoms with Crippen molar-refractivity contribution in [3.05, 3.63) is 0 Å². The minimum atomic E-state index is -0.0752. The lowest BCUT2D eigenvalue weighted by molar-refractivity contribution is 0.663. The second-order valence-electron chi connectivity index (χ2n) is 3.35. The number of hydrogen-bond acceptors (Lipinski definition) is 7. The van der Waals surface area contributed by atoms with Crippen molar-refractivity contribution in [3.63, 3.8) is 0 Å². The summed E-state index contributed by atoms with van der Waals surface area (Å²) >= 11 is 3.22. The third-order valence-corrected chi connectivity index (χ3v) is 4.17. The first-order valence-corrected chi connectivity index (χ1v) is 6.68. The van der Waals surface area contributed by atoms with E-state index in [-0.39, 0.29) is 6.04 Å². The van der Waals surface area contributed by atoms with Crippen LogP contribution in [0.15, 0.2) is 4.34 Å². The van der Waals surface area contributed by atoms with Crippen molar-refractivity contribution in [3.8, 4) is 6.07 Å². The molecule has 1 heterocycles. The molecule has 88 valence electrons. The monoisotopic (exact) mass is 257 g/mol. The average molecular weight is 257 g/mol. The van der Waals surface area contributed by atoms with Crippen LogP contribution >= 0.6 is 23.1 Å². The van der Waals surface area contributed by atoms with Crippen LogP contribution in [-0.4, -0.2) is 43.1 Å². The van der Waals surface area contributed by atoms with E-state index in [0.29, 0.717) is 0 Å². The van der Waals surface area contributed by atoms with Crippen LogP contribution in [-0.2, 0) is 0 Å². The molecule has 1 atom stereocenters. The van der Waals surface area contributed by atoms with E-state index in [1.807, 2.05) is 19.0 Å². The maximum atomic E-state index is 8.75. The Kier molecular flexibility index (Phi) is 5.52. The lowest BCUT2D eigenvalue weighted by Crippen LogP contribution is -2.23. The van der Waals surface area contributed by atoms with Gasteiger partial charge in [-0.25, -0.2) is 0 Å². The summed E-state index contributed by atoms with van der Waals surface area (Å²) in [6.45, 7) is 0. The van der Waals surface area contributed by atoms with Crippen molar-refractivity contribution in [1.29, 1.82) is 5.26 Å². The van der Waals surface area contributed by atoms with Crippen molar-refractivity contribution in [1.82, 2.24) is 15.5 Å². The molecule has 0 amide bonds. The summed E-state index contributed by atoms with van der Waals surface area (Å²) < 4.78 is 0.955. The summed E-state index contributed by atoms with van der Waals surface area (Å²) in [6, 6.07) is 2.12. The molecule has 0 spiro atoms. The first kappa shape index (κ1) is 13.2. The Bertz CT molecular complexity index is 357. The summed E-state index contributed by atoms with van der Waals surface area (Å²) in [7, 11) is 5.69. The van der Waals surface area contributed by atoms with E-state index in [9.17, 15) is 0 Å². The van der Waals surface area contributed by atoms with Gasteiger partial charge in [0.2, 0.25) is 5.13 Å². The van der Waals surface area contributed by atoms with Crippen LogP contribution in [0.5, 0.6) is 0 Å². The Morgan fingerprint density at radius 1 is 1.56 bits per heavy atom. The molecule has 0 saturated carbocycles. The number of nitriles is 1. The molecule has 0 radical (unpaired) electrons. The predicted octanol–water partition coefficient (Wildman–Crippen LogP) is 1.20. The van der Waals surface area contributed by atoms with E-state index in [0.717, 1.165) is 21.6 Å². The highest BCUT2D eigenvalue weighted by molar-refractivity contribution is 8.01. The lowest BCUT2D eigenvalue weighted by atomic mass is 10.3. The fourth-order valence-corrected chi connectivity index (χ4v) is 2.82. The lowest BCUT2D eigenvalue weighted by Gasteiger charge is -2.05. The predicted molar refractivity (Wildman–Crippen MR) is 68.0 cm³/mol. The Balaban J connectivity index is 2.35. The molecule has 1 aromatic rings. The van der Waals surface area contributed by atoms with Gasteiger partial charge < -0.3 is 10.2 Å². The van der Waals surface area contributed by atoms with Gasteiger partial charge in [0.05, 0.1) is 12.1 Å². The zero-order valence-electron chi connectivity index (χ0n) is 9.60. The van der Waals surface area contributed by atoms with Gasteiger partial charge in [0.1, 0.15) is 0 Å². The van der Waals surface area contributed by atoms with Crippen molar-refractivity contribution in [2.75, 3.05) is 31.8 Å². The molecule has 0 aliphatic heterocycles. The molecule has 0 saturated heterocycles. The number of nitrogens with zero attached hydrogens (tertiary/aromatic N) is 4. The molecule has 1 unspecified atom stereocenters. The maximum absolute atomic E-state index is 8.75. The molecule has 1 N–H and O–H groups in total. The zero-order chi connectivity index (χ0) is 12.0. The molecule has 16 heavy (non-hydrogen) atoms. The van der Waals surface area contributed by atoms with Crippen LogP contribution in [0.25, 0.3) is 0 Å². The van der Waals surface area contributed by atoms with Gasteiger partial charge in [0.25, 0.3) is 0 Å². The molecule has 0 aliphatic rings. The summed E-state index contributed by atoms with van der Waals surface area (Å²) in [5.74, 6) is 0.876. The second kappa shape index (κ2) is 6.68. The third kappa shape index (κ3) is 3.96. The van der Waals surface area contributed by atoms with E-state index >= 15 is 0 Å². The average Bonchev–Trinajstić information content (AvgIpc) is 2.73. The van der Waals surface area contributed by atoms with E-state index in [1.54, 1.807) is 30.1 Å². The number of rotatable bonds is 6. The molecule has 0 aliphatic carbocycles. The fraction of sp³-hybridized carbons (Fsp3) is 0.667. The van der Waals surface area contributed by atoms with Crippen LogP contribution in [0.2, 0.25) is 0 Å². The summed E-state index contributed by atoms with van der Waals surface area (Å²) in [4.78, 5) is 1.94. The van der Waals surface area contributed by atoms with Crippen LogP contribution in [0.3, 0.4) is 0 Å². The first-order valence-electron chi connectivity index (χ1n) is 4.88. The van der Waals surface area contributed by atoms with Crippen molar-refractivity contribution < 1.29 is 0 Å². The quantitative estimate of drug-likeness (QED) is 0.773. The zero-order valence-corrected chi connectivity index (χ0v) is 11.2. The van der Waals surface area contributed by atoms with Gasteiger partial charge in [-0.1, -0.05) is 23.1 Å². The smallest absolute Gasteiger partial charge is 0.208 e. The Morgan fingerprint density at radius 2 is 2.31 bits per heavy atom. The molecule has 7 heteroatoms. The molecule has 5 nitrogen and oxygen atoms in total. The van der Waals surface area contributed by atoms with Crippen LogP contribution in [0.4, 0.5) is 5.13 Å². The molecule has 0 fully saturated rings. The highest BCUT2D eigenvalue weighted by Gasteiger charge is 2.08. The molecule has 0 aromatic carbocycles. The molecule has 1 rings (SSSR count). The SMILES string of the molecule is CNC(C#N)CCSc1nnc(N(C)C)s1. The van der Waals surface area contributed by atoms with Crippen LogP contribution < -0.4 is 10.2 Å². The number of thioether (sulfide) groups is 1. The summed E-state index contributed by atoms with van der Waals surface area (Å²) in [6.07, 6.45) is 0.814. The second-order valence-corrected chi connectivity index (χ2v) is 5.65. The first-order chi connectivity index (χ1) is 7.67. The normalized spacial score (nSPS) is 12.1. The van der Waals surface area contributed by atoms with Gasteiger partial charge in [-0.05, 0) is 13.5 Å². The minimum Gasteiger partial charge on any atom is -0.353 e. The largest absolute Gasteiger partial charge is 0.353 e. The maximum Gasteiger partial charge on any atom is 0.208 e. The summed E-state index contributed by atoms with van der Waals surface area (Å²) in [5, 5.41) is 20.7. The third-order valence-electron chi connectivity index (χ3n) is 1.91. The van der Waals surface area contributed by atoms with Gasteiger partial charge in [-0.2, -0.15) is 5.26 Å². The van der Waals surface area contributed by atoms with E-state index in [2.05, 4.69) is 21.6 Å². The molecule has 1 aromatic heterocycles. The standard InChI is InChI=1S/C9H15N5S2/c1-11-7(6-10)4-5-15-9-13-12-8(16-9)14(2)3/h7,11H,4-5H2,1-3H3. The summed E-state index contributed by atoms with van der Waals surface area (Å²) in [5.41, 5.74) is 0. The van der Waals surface area contributed by atoms with Crippen LogP contribution in [0.1, 0.15) is 6.42 Å². The van der Waals surface area contributed by atoms with E-state index < -0.39 is 0 Å². The van der Waals surface area contributed by atoms with Gasteiger partial charge in [0.15, 0.2) is 4.34 Å². The Morgan fingerprint density at radius 3 is 2.81 bits per heavy atom. The molecule has 0 bridgehead atoms. The van der Waals surface area contributed by atoms with Gasteiger partial charge in [-0.15, -0.1) is 10.2 Å².